The second-order valence-electron chi connectivity index (χ2n) is 9.29. The van der Waals surface area contributed by atoms with E-state index in [0.29, 0.717) is 11.8 Å². The minimum atomic E-state index is 0.0747. The zero-order valence-corrected chi connectivity index (χ0v) is 16.5. The van der Waals surface area contributed by atoms with E-state index in [1.54, 1.807) is 0 Å². The summed E-state index contributed by atoms with van der Waals surface area (Å²) in [5, 5.41) is 15.1. The fourth-order valence-electron chi connectivity index (χ4n) is 6.18. The van der Waals surface area contributed by atoms with Gasteiger partial charge in [-0.15, -0.1) is 0 Å². The Morgan fingerprint density at radius 1 is 0.714 bits per heavy atom. The van der Waals surface area contributed by atoms with Crippen LogP contribution in [0, 0.1) is 11.8 Å². The molecule has 4 nitrogen and oxygen atoms in total. The fourth-order valence-corrected chi connectivity index (χ4v) is 6.18. The largest absolute Gasteiger partial charge is 0.286 e. The summed E-state index contributed by atoms with van der Waals surface area (Å²) in [4.78, 5) is 0. The van der Waals surface area contributed by atoms with E-state index in [1.807, 2.05) is 0 Å². The lowest BCUT2D eigenvalue weighted by Crippen LogP contribution is -2.46. The van der Waals surface area contributed by atoms with Gasteiger partial charge in [-0.25, -0.2) is 0 Å². The number of rotatable bonds is 4. The molecule has 2 aromatic rings. The molecule has 0 amide bonds. The monoisotopic (exact) mass is 370 g/mol. The Hall–Kier alpha value is -2.62. The SMILES string of the molecule is C[C@]12CC3=NN(Cc4ccccc4)[C@]4(C)CC(=NN1Cc1ccccc1)[C@H]2[C@H]34. The Bertz CT molecular complexity index is 901. The molecule has 0 radical (unpaired) electrons. The Morgan fingerprint density at radius 2 is 1.11 bits per heavy atom. The first-order valence-electron chi connectivity index (χ1n) is 10.4. The molecule has 6 rings (SSSR count). The summed E-state index contributed by atoms with van der Waals surface area (Å²) in [6.07, 6.45) is 2.06. The van der Waals surface area contributed by atoms with Crippen LogP contribution >= 0.6 is 0 Å². The van der Waals surface area contributed by atoms with Gasteiger partial charge in [0.05, 0.1) is 24.2 Å². The highest BCUT2D eigenvalue weighted by molar-refractivity contribution is 6.07. The van der Waals surface area contributed by atoms with E-state index in [-0.39, 0.29) is 11.1 Å². The predicted molar refractivity (Wildman–Crippen MR) is 112 cm³/mol. The van der Waals surface area contributed by atoms with Crippen molar-refractivity contribution in [3.8, 4) is 0 Å². The zero-order valence-electron chi connectivity index (χ0n) is 16.5. The number of nitrogens with zero attached hydrogens (tertiary/aromatic N) is 4. The molecule has 2 aromatic carbocycles. The highest BCUT2D eigenvalue weighted by atomic mass is 15.6. The lowest BCUT2D eigenvalue weighted by atomic mass is 9.82. The third kappa shape index (κ3) is 2.06. The average Bonchev–Trinajstić information content (AvgIpc) is 3.33. The van der Waals surface area contributed by atoms with Gasteiger partial charge < -0.3 is 0 Å². The van der Waals surface area contributed by atoms with Gasteiger partial charge in [-0.05, 0) is 25.0 Å². The standard InChI is InChI=1S/C24H26N4/c1-23-13-19-22-21(23)20(25-27(23)15-17-9-5-3-6-10-17)14-24(22,2)28(26-19)16-18-11-7-4-8-12-18/h3-12,21-22H,13-16H2,1-2H3/t21-,22-,23+,24+/m0/s1. The van der Waals surface area contributed by atoms with Gasteiger partial charge in [-0.2, -0.15) is 10.2 Å². The van der Waals surface area contributed by atoms with Crippen LogP contribution in [0.15, 0.2) is 70.9 Å². The Balaban J connectivity index is 1.32. The van der Waals surface area contributed by atoms with Crippen LogP contribution < -0.4 is 0 Å². The maximum atomic E-state index is 5.17. The van der Waals surface area contributed by atoms with Crippen LogP contribution in [0.5, 0.6) is 0 Å². The third-order valence-electron chi connectivity index (χ3n) is 7.50. The van der Waals surface area contributed by atoms with E-state index < -0.39 is 0 Å². The van der Waals surface area contributed by atoms with E-state index in [1.165, 1.54) is 22.6 Å². The number of benzene rings is 2. The van der Waals surface area contributed by atoms with Crippen molar-refractivity contribution in [3.63, 3.8) is 0 Å². The van der Waals surface area contributed by atoms with Gasteiger partial charge in [0.1, 0.15) is 0 Å². The molecule has 2 fully saturated rings. The van der Waals surface area contributed by atoms with Gasteiger partial charge in [0.2, 0.25) is 0 Å². The van der Waals surface area contributed by atoms with E-state index in [0.717, 1.165) is 25.9 Å². The van der Waals surface area contributed by atoms with Crippen molar-refractivity contribution >= 4 is 11.4 Å². The zero-order chi connectivity index (χ0) is 18.9. The van der Waals surface area contributed by atoms with Gasteiger partial charge in [0.25, 0.3) is 0 Å². The minimum Gasteiger partial charge on any atom is -0.286 e. The maximum Gasteiger partial charge on any atom is 0.0695 e. The highest BCUT2D eigenvalue weighted by Crippen LogP contribution is 2.61. The van der Waals surface area contributed by atoms with Crippen LogP contribution in [0.3, 0.4) is 0 Å². The topological polar surface area (TPSA) is 31.2 Å². The fraction of sp³-hybridized carbons (Fsp3) is 0.417. The van der Waals surface area contributed by atoms with Crippen molar-refractivity contribution in [1.29, 1.82) is 0 Å². The summed E-state index contributed by atoms with van der Waals surface area (Å²) in [5.41, 5.74) is 5.61. The van der Waals surface area contributed by atoms with Crippen LogP contribution in [0.2, 0.25) is 0 Å². The molecule has 2 saturated carbocycles. The molecule has 142 valence electrons. The van der Waals surface area contributed by atoms with Crippen LogP contribution in [0.25, 0.3) is 0 Å². The second kappa shape index (κ2) is 5.47. The predicted octanol–water partition coefficient (Wildman–Crippen LogP) is 4.29. The van der Waals surface area contributed by atoms with Crippen LogP contribution in [-0.2, 0) is 13.1 Å². The molecule has 2 heterocycles. The van der Waals surface area contributed by atoms with Gasteiger partial charge in [0.15, 0.2) is 0 Å². The quantitative estimate of drug-likeness (QED) is 0.804. The van der Waals surface area contributed by atoms with Crippen LogP contribution in [0.4, 0.5) is 0 Å². The lowest BCUT2D eigenvalue weighted by molar-refractivity contribution is 0.0578. The van der Waals surface area contributed by atoms with Crippen molar-refractivity contribution in [2.45, 2.75) is 50.9 Å². The van der Waals surface area contributed by atoms with E-state index >= 15 is 0 Å². The van der Waals surface area contributed by atoms with Crippen LogP contribution in [0.1, 0.15) is 37.8 Å². The molecule has 4 atom stereocenters. The minimum absolute atomic E-state index is 0.0747. The van der Waals surface area contributed by atoms with Crippen molar-refractivity contribution in [3.05, 3.63) is 71.8 Å². The molecule has 0 unspecified atom stereocenters. The average molecular weight is 371 g/mol. The first kappa shape index (κ1) is 16.3. The number of hydrogen-bond acceptors (Lipinski definition) is 4. The smallest absolute Gasteiger partial charge is 0.0695 e. The number of hydrazone groups is 2. The summed E-state index contributed by atoms with van der Waals surface area (Å²) in [7, 11) is 0. The number of hydrogen-bond donors (Lipinski definition) is 0. The molecule has 2 aliphatic carbocycles. The normalized spacial score (nSPS) is 34.6. The summed E-state index contributed by atoms with van der Waals surface area (Å²) < 4.78 is 0. The molecule has 0 aromatic heterocycles. The maximum absolute atomic E-state index is 5.17. The first-order valence-corrected chi connectivity index (χ1v) is 10.4. The molecular formula is C24H26N4. The molecule has 0 saturated heterocycles. The van der Waals surface area contributed by atoms with E-state index in [2.05, 4.69) is 84.5 Å². The van der Waals surface area contributed by atoms with Gasteiger partial charge in [0, 0.05) is 36.1 Å². The lowest BCUT2D eigenvalue weighted by Gasteiger charge is -2.38. The first-order chi connectivity index (χ1) is 13.6. The summed E-state index contributed by atoms with van der Waals surface area (Å²) in [6.45, 7) is 6.60. The van der Waals surface area contributed by atoms with Crippen molar-refractivity contribution in [2.75, 3.05) is 0 Å². The molecule has 0 spiro atoms. The molecule has 0 N–H and O–H groups in total. The van der Waals surface area contributed by atoms with Crippen molar-refractivity contribution in [2.24, 2.45) is 22.0 Å². The van der Waals surface area contributed by atoms with Gasteiger partial charge in [-0.3, -0.25) is 10.0 Å². The van der Waals surface area contributed by atoms with Crippen LogP contribution in [-0.4, -0.2) is 32.5 Å². The molecule has 4 heteroatoms. The van der Waals surface area contributed by atoms with E-state index in [9.17, 15) is 0 Å². The second-order valence-corrected chi connectivity index (χ2v) is 9.29. The Kier molecular flexibility index (Phi) is 3.19. The molecular weight excluding hydrogens is 344 g/mol. The highest BCUT2D eigenvalue weighted by Gasteiger charge is 2.70. The summed E-state index contributed by atoms with van der Waals surface area (Å²) >= 11 is 0. The molecule has 0 bridgehead atoms. The Labute approximate surface area is 166 Å². The molecule has 4 aliphatic rings. The molecule has 28 heavy (non-hydrogen) atoms. The van der Waals surface area contributed by atoms with E-state index in [4.69, 9.17) is 10.2 Å². The van der Waals surface area contributed by atoms with Crippen molar-refractivity contribution in [1.82, 2.24) is 10.0 Å². The molecule has 2 aliphatic heterocycles. The van der Waals surface area contributed by atoms with Crippen molar-refractivity contribution < 1.29 is 0 Å². The summed E-state index contributed by atoms with van der Waals surface area (Å²) in [6, 6.07) is 21.5. The third-order valence-corrected chi connectivity index (χ3v) is 7.50. The van der Waals surface area contributed by atoms with Gasteiger partial charge >= 0.3 is 0 Å². The Morgan fingerprint density at radius 3 is 1.50 bits per heavy atom. The van der Waals surface area contributed by atoms with Gasteiger partial charge in [-0.1, -0.05) is 60.7 Å². The summed E-state index contributed by atoms with van der Waals surface area (Å²) in [5.74, 6) is 1.03.